The van der Waals surface area contributed by atoms with Gasteiger partial charge in [-0.1, -0.05) is 26.0 Å². The highest BCUT2D eigenvalue weighted by Crippen LogP contribution is 2.36. The van der Waals surface area contributed by atoms with Crippen LogP contribution in [0.5, 0.6) is 11.5 Å². The molecule has 16 heavy (non-hydrogen) atoms. The fourth-order valence-electron chi connectivity index (χ4n) is 1.90. The van der Waals surface area contributed by atoms with Crippen molar-refractivity contribution < 1.29 is 9.47 Å². The summed E-state index contributed by atoms with van der Waals surface area (Å²) in [5.74, 6) is 2.08. The molecular weight excluding hydrogens is 200 g/mol. The van der Waals surface area contributed by atoms with Crippen molar-refractivity contribution >= 4 is 0 Å². The van der Waals surface area contributed by atoms with E-state index >= 15 is 0 Å². The summed E-state index contributed by atoms with van der Waals surface area (Å²) in [5, 5.41) is 0. The molecule has 1 aromatic carbocycles. The first-order valence-electron chi connectivity index (χ1n) is 5.50. The first-order chi connectivity index (χ1) is 7.65. The van der Waals surface area contributed by atoms with Gasteiger partial charge in [0.25, 0.3) is 0 Å². The molecule has 0 N–H and O–H groups in total. The van der Waals surface area contributed by atoms with Crippen molar-refractivity contribution in [2.45, 2.75) is 26.2 Å². The van der Waals surface area contributed by atoms with Gasteiger partial charge in [0, 0.05) is 5.56 Å². The van der Waals surface area contributed by atoms with Crippen LogP contribution in [0.1, 0.15) is 30.9 Å². The molecule has 2 heteroatoms. The van der Waals surface area contributed by atoms with Gasteiger partial charge in [0.15, 0.2) is 11.5 Å². The Morgan fingerprint density at radius 1 is 1.25 bits per heavy atom. The third-order valence-corrected chi connectivity index (χ3v) is 2.66. The summed E-state index contributed by atoms with van der Waals surface area (Å²) in [6.45, 7) is 8.14. The molecule has 0 amide bonds. The van der Waals surface area contributed by atoms with Gasteiger partial charge in [-0.05, 0) is 24.0 Å². The van der Waals surface area contributed by atoms with Gasteiger partial charge in [0.1, 0.15) is 0 Å². The predicted octanol–water partition coefficient (Wildman–Crippen LogP) is 3.56. The molecule has 0 unspecified atom stereocenters. The summed E-state index contributed by atoms with van der Waals surface area (Å²) in [7, 11) is 3.33. The van der Waals surface area contributed by atoms with Gasteiger partial charge in [-0.25, -0.2) is 0 Å². The highest BCUT2D eigenvalue weighted by Gasteiger charge is 2.15. The van der Waals surface area contributed by atoms with E-state index in [0.717, 1.165) is 17.9 Å². The highest BCUT2D eigenvalue weighted by molar-refractivity contribution is 5.52. The van der Waals surface area contributed by atoms with Crippen LogP contribution in [0, 0.1) is 0 Å². The van der Waals surface area contributed by atoms with Gasteiger partial charge in [-0.3, -0.25) is 0 Å². The number of methoxy groups -OCH3 is 2. The van der Waals surface area contributed by atoms with Crippen molar-refractivity contribution in [3.8, 4) is 11.5 Å². The molecule has 0 heterocycles. The van der Waals surface area contributed by atoms with Gasteiger partial charge in [-0.2, -0.15) is 0 Å². The van der Waals surface area contributed by atoms with Crippen LogP contribution in [0.2, 0.25) is 0 Å². The van der Waals surface area contributed by atoms with Crippen molar-refractivity contribution in [1.29, 1.82) is 0 Å². The fraction of sp³-hybridized carbons (Fsp3) is 0.429. The molecule has 2 nitrogen and oxygen atoms in total. The first kappa shape index (κ1) is 12.6. The van der Waals surface area contributed by atoms with Gasteiger partial charge >= 0.3 is 0 Å². The second kappa shape index (κ2) is 5.59. The SMILES string of the molecule is C=CCc1c(C(C)C)ccc(OC)c1OC. The normalized spacial score (nSPS) is 10.3. The Hall–Kier alpha value is -1.44. The molecular formula is C14H20O2. The minimum atomic E-state index is 0.467. The Morgan fingerprint density at radius 3 is 2.38 bits per heavy atom. The molecule has 0 aromatic heterocycles. The van der Waals surface area contributed by atoms with E-state index in [1.165, 1.54) is 11.1 Å². The molecule has 0 saturated heterocycles. The average Bonchev–Trinajstić information content (AvgIpc) is 2.28. The van der Waals surface area contributed by atoms with Gasteiger partial charge in [-0.15, -0.1) is 6.58 Å². The van der Waals surface area contributed by atoms with Crippen LogP contribution in [0.4, 0.5) is 0 Å². The summed E-state index contributed by atoms with van der Waals surface area (Å²) >= 11 is 0. The molecule has 1 rings (SSSR count). The second-order valence-electron chi connectivity index (χ2n) is 4.02. The molecule has 0 aliphatic rings. The van der Waals surface area contributed by atoms with Crippen LogP contribution in [-0.2, 0) is 6.42 Å². The summed E-state index contributed by atoms with van der Waals surface area (Å²) in [6.07, 6.45) is 2.69. The van der Waals surface area contributed by atoms with E-state index in [4.69, 9.17) is 9.47 Å². The maximum absolute atomic E-state index is 5.44. The molecule has 0 spiro atoms. The van der Waals surface area contributed by atoms with E-state index < -0.39 is 0 Å². The summed E-state index contributed by atoms with van der Waals surface area (Å²) in [5.41, 5.74) is 2.46. The van der Waals surface area contributed by atoms with E-state index in [-0.39, 0.29) is 0 Å². The number of hydrogen-bond donors (Lipinski definition) is 0. The first-order valence-corrected chi connectivity index (χ1v) is 5.50. The lowest BCUT2D eigenvalue weighted by molar-refractivity contribution is 0.351. The Morgan fingerprint density at radius 2 is 1.94 bits per heavy atom. The third kappa shape index (κ3) is 2.38. The minimum absolute atomic E-state index is 0.467. The van der Waals surface area contributed by atoms with Crippen molar-refractivity contribution in [3.05, 3.63) is 35.9 Å². The van der Waals surface area contributed by atoms with E-state index in [1.54, 1.807) is 14.2 Å². The molecule has 88 valence electrons. The van der Waals surface area contributed by atoms with Crippen LogP contribution in [0.3, 0.4) is 0 Å². The molecule has 0 bridgehead atoms. The standard InChI is InChI=1S/C14H20O2/c1-6-7-12-11(10(2)3)8-9-13(15-4)14(12)16-5/h6,8-10H,1,7H2,2-5H3. The number of ether oxygens (including phenoxy) is 2. The Balaban J connectivity index is 3.37. The summed E-state index contributed by atoms with van der Waals surface area (Å²) < 4.78 is 10.7. The maximum Gasteiger partial charge on any atom is 0.164 e. The van der Waals surface area contributed by atoms with E-state index in [9.17, 15) is 0 Å². The molecule has 1 aromatic rings. The zero-order valence-electron chi connectivity index (χ0n) is 10.5. The molecule has 0 saturated carbocycles. The lowest BCUT2D eigenvalue weighted by Gasteiger charge is -2.18. The monoisotopic (exact) mass is 220 g/mol. The molecule has 0 fully saturated rings. The minimum Gasteiger partial charge on any atom is -0.493 e. The Labute approximate surface area is 97.9 Å². The van der Waals surface area contributed by atoms with Crippen LogP contribution in [0.25, 0.3) is 0 Å². The number of allylic oxidation sites excluding steroid dienone is 1. The van der Waals surface area contributed by atoms with Crippen molar-refractivity contribution in [2.75, 3.05) is 14.2 Å². The Kier molecular flexibility index (Phi) is 4.41. The number of rotatable bonds is 5. The highest BCUT2D eigenvalue weighted by atomic mass is 16.5. The van der Waals surface area contributed by atoms with Gasteiger partial charge in [0.05, 0.1) is 14.2 Å². The average molecular weight is 220 g/mol. The molecule has 0 radical (unpaired) electrons. The topological polar surface area (TPSA) is 18.5 Å². The van der Waals surface area contributed by atoms with Crippen molar-refractivity contribution in [3.63, 3.8) is 0 Å². The van der Waals surface area contributed by atoms with Crippen LogP contribution in [-0.4, -0.2) is 14.2 Å². The quantitative estimate of drug-likeness (QED) is 0.706. The molecule has 0 atom stereocenters. The van der Waals surface area contributed by atoms with E-state index in [2.05, 4.69) is 26.5 Å². The van der Waals surface area contributed by atoms with Crippen LogP contribution < -0.4 is 9.47 Å². The van der Waals surface area contributed by atoms with Crippen molar-refractivity contribution in [2.24, 2.45) is 0 Å². The zero-order valence-corrected chi connectivity index (χ0v) is 10.5. The lowest BCUT2D eigenvalue weighted by atomic mass is 9.94. The maximum atomic E-state index is 5.44. The lowest BCUT2D eigenvalue weighted by Crippen LogP contribution is -2.01. The molecule has 0 aliphatic heterocycles. The van der Waals surface area contributed by atoms with E-state index in [0.29, 0.717) is 5.92 Å². The molecule has 0 aliphatic carbocycles. The fourth-order valence-corrected chi connectivity index (χ4v) is 1.90. The number of hydrogen-bond acceptors (Lipinski definition) is 2. The predicted molar refractivity (Wildman–Crippen MR) is 67.5 cm³/mol. The Bertz CT molecular complexity index is 367. The van der Waals surface area contributed by atoms with Gasteiger partial charge < -0.3 is 9.47 Å². The summed E-state index contributed by atoms with van der Waals surface area (Å²) in [6, 6.07) is 4.06. The van der Waals surface area contributed by atoms with Crippen molar-refractivity contribution in [1.82, 2.24) is 0 Å². The summed E-state index contributed by atoms with van der Waals surface area (Å²) in [4.78, 5) is 0. The van der Waals surface area contributed by atoms with Gasteiger partial charge in [0.2, 0.25) is 0 Å². The zero-order chi connectivity index (χ0) is 12.1. The van der Waals surface area contributed by atoms with Crippen LogP contribution >= 0.6 is 0 Å². The number of benzene rings is 1. The third-order valence-electron chi connectivity index (χ3n) is 2.66. The van der Waals surface area contributed by atoms with E-state index in [1.807, 2.05) is 12.1 Å². The van der Waals surface area contributed by atoms with Crippen LogP contribution in [0.15, 0.2) is 24.8 Å². The largest absolute Gasteiger partial charge is 0.493 e. The second-order valence-corrected chi connectivity index (χ2v) is 4.02. The smallest absolute Gasteiger partial charge is 0.164 e.